The molecule has 2 aromatic heterocycles. The Morgan fingerprint density at radius 3 is 2.37 bits per heavy atom. The second kappa shape index (κ2) is 9.97. The molecule has 186 valence electrons. The van der Waals surface area contributed by atoms with Crippen molar-refractivity contribution in [3.8, 4) is 11.6 Å². The van der Waals surface area contributed by atoms with E-state index in [1.165, 1.54) is 16.9 Å². The molecule has 10 heteroatoms. The Bertz CT molecular complexity index is 1170. The summed E-state index contributed by atoms with van der Waals surface area (Å²) in [7, 11) is 0. The second-order valence-electron chi connectivity index (χ2n) is 8.59. The van der Waals surface area contributed by atoms with Gasteiger partial charge in [0.15, 0.2) is 5.82 Å². The molecule has 1 aliphatic rings. The van der Waals surface area contributed by atoms with Gasteiger partial charge in [-0.25, -0.2) is 9.67 Å². The highest BCUT2D eigenvalue weighted by Gasteiger charge is 2.32. The number of halogens is 3. The van der Waals surface area contributed by atoms with Gasteiger partial charge in [-0.1, -0.05) is 26.0 Å². The smallest absolute Gasteiger partial charge is 0.417 e. The summed E-state index contributed by atoms with van der Waals surface area (Å²) >= 11 is 0. The van der Waals surface area contributed by atoms with Gasteiger partial charge in [0.2, 0.25) is 0 Å². The van der Waals surface area contributed by atoms with Crippen molar-refractivity contribution in [2.75, 3.05) is 37.7 Å². The van der Waals surface area contributed by atoms with Crippen LogP contribution in [0.25, 0.3) is 5.82 Å². The molecule has 3 heterocycles. The summed E-state index contributed by atoms with van der Waals surface area (Å²) in [5.41, 5.74) is 1.22. The molecular formula is C25H28F3N5O2. The number of rotatable bonds is 6. The zero-order valence-corrected chi connectivity index (χ0v) is 19.9. The number of carbonyl (C=O) groups excluding carboxylic acids is 1. The minimum atomic E-state index is -4.47. The Kier molecular flexibility index (Phi) is 7.00. The molecule has 4 rings (SSSR count). The summed E-state index contributed by atoms with van der Waals surface area (Å²) < 4.78 is 46.0. The zero-order valence-electron chi connectivity index (χ0n) is 19.9. The predicted octanol–water partition coefficient (Wildman–Crippen LogP) is 4.77. The van der Waals surface area contributed by atoms with Crippen LogP contribution in [0.2, 0.25) is 0 Å². The maximum Gasteiger partial charge on any atom is 0.417 e. The highest BCUT2D eigenvalue weighted by atomic mass is 19.4. The highest BCUT2D eigenvalue weighted by molar-refractivity contribution is 5.95. The first-order valence-corrected chi connectivity index (χ1v) is 11.6. The van der Waals surface area contributed by atoms with E-state index in [-0.39, 0.29) is 17.6 Å². The number of para-hydroxylation sites is 2. The lowest BCUT2D eigenvalue weighted by molar-refractivity contribution is -0.137. The van der Waals surface area contributed by atoms with Gasteiger partial charge in [-0.3, -0.25) is 4.79 Å². The lowest BCUT2D eigenvalue weighted by atomic mass is 10.0. The van der Waals surface area contributed by atoms with Crippen LogP contribution in [0.1, 0.15) is 48.3 Å². The third-order valence-corrected chi connectivity index (χ3v) is 5.95. The number of nitrogens with zero attached hydrogens (tertiary/aromatic N) is 5. The van der Waals surface area contributed by atoms with E-state index in [1.807, 2.05) is 45.0 Å². The summed E-state index contributed by atoms with van der Waals surface area (Å²) in [4.78, 5) is 21.4. The van der Waals surface area contributed by atoms with Crippen LogP contribution in [-0.2, 0) is 6.18 Å². The number of hydrogen-bond donors (Lipinski definition) is 0. The van der Waals surface area contributed by atoms with Gasteiger partial charge in [-0.2, -0.15) is 18.3 Å². The third-order valence-electron chi connectivity index (χ3n) is 5.95. The molecule has 1 aromatic carbocycles. The monoisotopic (exact) mass is 487 g/mol. The molecule has 0 saturated carbocycles. The van der Waals surface area contributed by atoms with Gasteiger partial charge in [-0.05, 0) is 37.1 Å². The molecule has 0 unspecified atom stereocenters. The Morgan fingerprint density at radius 2 is 1.77 bits per heavy atom. The van der Waals surface area contributed by atoms with Gasteiger partial charge in [0.25, 0.3) is 5.91 Å². The van der Waals surface area contributed by atoms with Gasteiger partial charge < -0.3 is 14.5 Å². The van der Waals surface area contributed by atoms with E-state index < -0.39 is 11.7 Å². The summed E-state index contributed by atoms with van der Waals surface area (Å²) in [6.07, 6.45) is -2.21. The normalized spacial score (nSPS) is 14.5. The molecular weight excluding hydrogens is 459 g/mol. The molecule has 0 N–H and O–H groups in total. The van der Waals surface area contributed by atoms with E-state index in [0.29, 0.717) is 44.0 Å². The van der Waals surface area contributed by atoms with Crippen LogP contribution in [0.15, 0.2) is 48.8 Å². The van der Waals surface area contributed by atoms with Gasteiger partial charge in [0.05, 0.1) is 35.3 Å². The van der Waals surface area contributed by atoms with Gasteiger partial charge >= 0.3 is 6.18 Å². The SMILES string of the molecule is CCOc1ccccc1N1CCN(C(=O)c2cnn(-c3ccc(C(F)(F)F)cn3)c2C(C)C)CC1. The van der Waals surface area contributed by atoms with Crippen LogP contribution in [0.4, 0.5) is 18.9 Å². The molecule has 3 aromatic rings. The Hall–Kier alpha value is -3.56. The van der Waals surface area contributed by atoms with Crippen molar-refractivity contribution in [1.82, 2.24) is 19.7 Å². The molecule has 7 nitrogen and oxygen atoms in total. The molecule has 1 saturated heterocycles. The van der Waals surface area contributed by atoms with Gasteiger partial charge in [-0.15, -0.1) is 0 Å². The summed E-state index contributed by atoms with van der Waals surface area (Å²) in [6, 6.07) is 10.1. The molecule has 35 heavy (non-hydrogen) atoms. The topological polar surface area (TPSA) is 63.5 Å². The molecule has 0 spiro atoms. The molecule has 0 bridgehead atoms. The molecule has 1 fully saturated rings. The van der Waals surface area contributed by atoms with Crippen molar-refractivity contribution < 1.29 is 22.7 Å². The lowest BCUT2D eigenvalue weighted by Crippen LogP contribution is -2.49. The van der Waals surface area contributed by atoms with E-state index in [4.69, 9.17) is 4.74 Å². The van der Waals surface area contributed by atoms with E-state index in [1.54, 1.807) is 4.90 Å². The second-order valence-corrected chi connectivity index (χ2v) is 8.59. The summed E-state index contributed by atoms with van der Waals surface area (Å²) in [6.45, 7) is 8.71. The number of anilines is 1. The van der Waals surface area contributed by atoms with Crippen molar-refractivity contribution in [1.29, 1.82) is 0 Å². The van der Waals surface area contributed by atoms with Crippen LogP contribution in [0, 0.1) is 0 Å². The first-order valence-electron chi connectivity index (χ1n) is 11.6. The highest BCUT2D eigenvalue weighted by Crippen LogP contribution is 2.31. The van der Waals surface area contributed by atoms with E-state index in [0.717, 1.165) is 23.7 Å². The van der Waals surface area contributed by atoms with Crippen molar-refractivity contribution in [3.05, 3.63) is 65.6 Å². The number of amides is 1. The van der Waals surface area contributed by atoms with Crippen LogP contribution < -0.4 is 9.64 Å². The number of ether oxygens (including phenoxy) is 1. The van der Waals surface area contributed by atoms with E-state index in [9.17, 15) is 18.0 Å². The maximum absolute atomic E-state index is 13.4. The van der Waals surface area contributed by atoms with E-state index in [2.05, 4.69) is 15.0 Å². The van der Waals surface area contributed by atoms with Gasteiger partial charge in [0, 0.05) is 32.4 Å². The zero-order chi connectivity index (χ0) is 25.2. The Morgan fingerprint density at radius 1 is 1.06 bits per heavy atom. The summed E-state index contributed by atoms with van der Waals surface area (Å²) in [5, 5.41) is 4.31. The van der Waals surface area contributed by atoms with Crippen molar-refractivity contribution in [3.63, 3.8) is 0 Å². The Balaban J connectivity index is 1.52. The first kappa shape index (κ1) is 24.6. The van der Waals surface area contributed by atoms with Crippen LogP contribution >= 0.6 is 0 Å². The largest absolute Gasteiger partial charge is 0.492 e. The average Bonchev–Trinajstić information content (AvgIpc) is 3.29. The minimum Gasteiger partial charge on any atom is -0.492 e. The number of carbonyl (C=O) groups is 1. The molecule has 0 radical (unpaired) electrons. The fourth-order valence-electron chi connectivity index (χ4n) is 4.26. The number of benzene rings is 1. The van der Waals surface area contributed by atoms with Crippen LogP contribution in [-0.4, -0.2) is 58.4 Å². The van der Waals surface area contributed by atoms with E-state index >= 15 is 0 Å². The fourth-order valence-corrected chi connectivity index (χ4v) is 4.26. The fraction of sp³-hybridized carbons (Fsp3) is 0.400. The standard InChI is InChI=1S/C25H28F3N5O2/c1-4-35-21-8-6-5-7-20(21)31-11-13-32(14-12-31)24(34)19-16-30-33(23(19)17(2)3)22-10-9-18(15-29-22)25(26,27)28/h5-10,15-17H,4,11-14H2,1-3H3. The molecule has 1 amide bonds. The number of alkyl halides is 3. The Labute approximate surface area is 202 Å². The molecule has 0 aliphatic carbocycles. The maximum atomic E-state index is 13.4. The first-order chi connectivity index (χ1) is 16.7. The molecule has 0 atom stereocenters. The number of pyridine rings is 1. The predicted molar refractivity (Wildman–Crippen MR) is 126 cm³/mol. The van der Waals surface area contributed by atoms with Gasteiger partial charge in [0.1, 0.15) is 5.75 Å². The number of hydrogen-bond acceptors (Lipinski definition) is 5. The van der Waals surface area contributed by atoms with Crippen molar-refractivity contribution >= 4 is 11.6 Å². The molecule has 1 aliphatic heterocycles. The number of aromatic nitrogens is 3. The number of piperazine rings is 1. The third kappa shape index (κ3) is 5.11. The quantitative estimate of drug-likeness (QED) is 0.501. The lowest BCUT2D eigenvalue weighted by Gasteiger charge is -2.36. The van der Waals surface area contributed by atoms with Crippen molar-refractivity contribution in [2.24, 2.45) is 0 Å². The van der Waals surface area contributed by atoms with Crippen LogP contribution in [0.5, 0.6) is 5.75 Å². The van der Waals surface area contributed by atoms with Crippen molar-refractivity contribution in [2.45, 2.75) is 32.9 Å². The summed E-state index contributed by atoms with van der Waals surface area (Å²) in [5.74, 6) is 0.810. The minimum absolute atomic E-state index is 0.0973. The van der Waals surface area contributed by atoms with Crippen LogP contribution in [0.3, 0.4) is 0 Å². The average molecular weight is 488 g/mol.